The van der Waals surface area contributed by atoms with Crippen LogP contribution in [0.5, 0.6) is 5.75 Å². The number of nitrogens with one attached hydrogen (secondary N) is 1. The number of benzene rings is 2. The molecule has 2 aromatic carbocycles. The number of rotatable bonds is 9. The average molecular weight is 536 g/mol. The molecular formula is C29H28F3N5O2. The second-order valence-electron chi connectivity index (χ2n) is 9.44. The second-order valence-corrected chi connectivity index (χ2v) is 9.44. The summed E-state index contributed by atoms with van der Waals surface area (Å²) in [6, 6.07) is 16.4. The summed E-state index contributed by atoms with van der Waals surface area (Å²) >= 11 is 0. The molecule has 1 aliphatic rings. The largest absolute Gasteiger partial charge is 0.491 e. The van der Waals surface area contributed by atoms with Gasteiger partial charge in [-0.25, -0.2) is 4.68 Å². The van der Waals surface area contributed by atoms with Crippen LogP contribution in [-0.2, 0) is 19.1 Å². The number of halogens is 3. The summed E-state index contributed by atoms with van der Waals surface area (Å²) in [5.41, 5.74) is 7.96. The summed E-state index contributed by atoms with van der Waals surface area (Å²) in [6.07, 6.45) is -0.205. The monoisotopic (exact) mass is 535 g/mol. The van der Waals surface area contributed by atoms with Gasteiger partial charge in [-0.3, -0.25) is 9.78 Å². The van der Waals surface area contributed by atoms with E-state index in [4.69, 9.17) is 10.5 Å². The zero-order valence-corrected chi connectivity index (χ0v) is 21.3. The third-order valence-corrected chi connectivity index (χ3v) is 6.60. The van der Waals surface area contributed by atoms with Crippen LogP contribution in [-0.4, -0.2) is 27.3 Å². The molecule has 0 spiro atoms. The van der Waals surface area contributed by atoms with E-state index in [2.05, 4.69) is 15.4 Å². The minimum atomic E-state index is -4.73. The number of aromatic nitrogens is 3. The fourth-order valence-electron chi connectivity index (χ4n) is 4.39. The van der Waals surface area contributed by atoms with Crippen molar-refractivity contribution in [3.63, 3.8) is 0 Å². The number of amides is 1. The van der Waals surface area contributed by atoms with Crippen LogP contribution in [0.1, 0.15) is 47.1 Å². The first-order valence-electron chi connectivity index (χ1n) is 12.8. The molecule has 202 valence electrons. The summed E-state index contributed by atoms with van der Waals surface area (Å²) in [5.74, 6) is 0.482. The number of nitrogens with two attached hydrogens (primary N) is 1. The zero-order chi connectivity index (χ0) is 27.6. The number of nitrogens with zero attached hydrogens (tertiary/aromatic N) is 3. The predicted octanol–water partition coefficient (Wildman–Crippen LogP) is 6.02. The smallest absolute Gasteiger partial charge is 0.435 e. The van der Waals surface area contributed by atoms with Crippen molar-refractivity contribution in [1.29, 1.82) is 0 Å². The van der Waals surface area contributed by atoms with Crippen molar-refractivity contribution in [2.24, 2.45) is 11.7 Å². The third-order valence-electron chi connectivity index (χ3n) is 6.60. The molecule has 1 fully saturated rings. The van der Waals surface area contributed by atoms with E-state index in [0.717, 1.165) is 34.7 Å². The van der Waals surface area contributed by atoms with E-state index in [9.17, 15) is 18.0 Å². The first kappa shape index (κ1) is 26.4. The molecule has 5 rings (SSSR count). The van der Waals surface area contributed by atoms with Crippen LogP contribution in [0.3, 0.4) is 0 Å². The van der Waals surface area contributed by atoms with E-state index in [1.54, 1.807) is 42.6 Å². The van der Waals surface area contributed by atoms with E-state index in [-0.39, 0.29) is 12.2 Å². The number of carbonyl (C=O) groups is 1. The maximum Gasteiger partial charge on any atom is 0.435 e. The highest BCUT2D eigenvalue weighted by atomic mass is 19.4. The Morgan fingerprint density at radius 3 is 2.64 bits per heavy atom. The van der Waals surface area contributed by atoms with Gasteiger partial charge in [0.05, 0.1) is 12.3 Å². The first-order chi connectivity index (χ1) is 18.8. The molecule has 0 bridgehead atoms. The molecule has 0 aliphatic heterocycles. The summed E-state index contributed by atoms with van der Waals surface area (Å²) in [7, 11) is 0. The molecule has 1 saturated carbocycles. The predicted molar refractivity (Wildman–Crippen MR) is 142 cm³/mol. The molecule has 0 atom stereocenters. The Morgan fingerprint density at radius 1 is 1.13 bits per heavy atom. The van der Waals surface area contributed by atoms with Gasteiger partial charge in [0, 0.05) is 30.1 Å². The van der Waals surface area contributed by atoms with Crippen molar-refractivity contribution < 1.29 is 22.7 Å². The van der Waals surface area contributed by atoms with Crippen LogP contribution < -0.4 is 15.8 Å². The molecule has 2 heterocycles. The van der Waals surface area contributed by atoms with Gasteiger partial charge < -0.3 is 15.8 Å². The highest BCUT2D eigenvalue weighted by Gasteiger charge is 2.36. The fraction of sp³-hybridized carbons (Fsp3) is 0.276. The zero-order valence-electron chi connectivity index (χ0n) is 21.3. The molecule has 7 nitrogen and oxygen atoms in total. The number of hydrogen-bond donors (Lipinski definition) is 2. The molecule has 4 aromatic rings. The molecule has 2 aromatic heterocycles. The van der Waals surface area contributed by atoms with Crippen LogP contribution in [0.25, 0.3) is 16.9 Å². The molecule has 0 unspecified atom stereocenters. The van der Waals surface area contributed by atoms with Gasteiger partial charge in [-0.05, 0) is 66.6 Å². The maximum absolute atomic E-state index is 13.6. The highest BCUT2D eigenvalue weighted by Crippen LogP contribution is 2.36. The Balaban J connectivity index is 1.51. The normalized spacial score (nSPS) is 13.4. The van der Waals surface area contributed by atoms with Crippen LogP contribution in [0, 0.1) is 5.92 Å². The van der Waals surface area contributed by atoms with Crippen LogP contribution in [0.2, 0.25) is 0 Å². The Labute approximate surface area is 223 Å². The maximum atomic E-state index is 13.6. The van der Waals surface area contributed by atoms with E-state index in [1.807, 2.05) is 25.1 Å². The average Bonchev–Trinajstić information content (AvgIpc) is 3.65. The molecular weight excluding hydrogens is 507 g/mol. The van der Waals surface area contributed by atoms with Gasteiger partial charge in [0.15, 0.2) is 5.69 Å². The Kier molecular flexibility index (Phi) is 7.38. The van der Waals surface area contributed by atoms with Gasteiger partial charge in [0.25, 0.3) is 5.91 Å². The number of carbonyl (C=O) groups excluding carboxylic acids is 1. The second kappa shape index (κ2) is 10.9. The van der Waals surface area contributed by atoms with Crippen LogP contribution in [0.15, 0.2) is 66.9 Å². The minimum absolute atomic E-state index is 0.190. The van der Waals surface area contributed by atoms with Crippen molar-refractivity contribution in [2.45, 2.75) is 38.9 Å². The van der Waals surface area contributed by atoms with Gasteiger partial charge in [-0.1, -0.05) is 31.2 Å². The standard InChI is InChI=1S/C29H28F3N5O2/c1-2-21-22(27-25(10-5-13-34-27)39-17-18-11-12-18)8-4-9-23(21)35-28(38)24-15-26(29(30,31)32)36-37(24)20-7-3-6-19(14-20)16-33/h3-10,13-15,18H,2,11-12,16-17,33H2,1H3,(H,35,38). The van der Waals surface area contributed by atoms with E-state index >= 15 is 0 Å². The van der Waals surface area contributed by atoms with Crippen molar-refractivity contribution in [2.75, 3.05) is 11.9 Å². The Bertz CT molecular complexity index is 1490. The topological polar surface area (TPSA) is 95.1 Å². The van der Waals surface area contributed by atoms with E-state index in [1.165, 1.54) is 0 Å². The van der Waals surface area contributed by atoms with Crippen molar-refractivity contribution in [1.82, 2.24) is 14.8 Å². The van der Waals surface area contributed by atoms with E-state index < -0.39 is 17.8 Å². The lowest BCUT2D eigenvalue weighted by Crippen LogP contribution is -2.18. The van der Waals surface area contributed by atoms with Crippen molar-refractivity contribution in [3.8, 4) is 22.7 Å². The number of anilines is 1. The minimum Gasteiger partial charge on any atom is -0.491 e. The lowest BCUT2D eigenvalue weighted by Gasteiger charge is -2.17. The Hall–Kier alpha value is -4.18. The first-order valence-corrected chi connectivity index (χ1v) is 12.8. The van der Waals surface area contributed by atoms with E-state index in [0.29, 0.717) is 47.3 Å². The third kappa shape index (κ3) is 5.80. The lowest BCUT2D eigenvalue weighted by atomic mass is 9.99. The molecule has 3 N–H and O–H groups in total. The molecule has 0 saturated heterocycles. The molecule has 39 heavy (non-hydrogen) atoms. The van der Waals surface area contributed by atoms with Gasteiger partial charge in [0.1, 0.15) is 17.1 Å². The highest BCUT2D eigenvalue weighted by molar-refractivity contribution is 6.04. The van der Waals surface area contributed by atoms with Crippen molar-refractivity contribution >= 4 is 11.6 Å². The summed E-state index contributed by atoms with van der Waals surface area (Å²) < 4.78 is 47.8. The fourth-order valence-corrected chi connectivity index (χ4v) is 4.39. The lowest BCUT2D eigenvalue weighted by molar-refractivity contribution is -0.141. The summed E-state index contributed by atoms with van der Waals surface area (Å²) in [6.45, 7) is 2.75. The number of ether oxygens (including phenoxy) is 1. The quantitative estimate of drug-likeness (QED) is 0.274. The SMILES string of the molecule is CCc1c(NC(=O)c2cc(C(F)(F)F)nn2-c2cccc(CN)c2)cccc1-c1ncccc1OCC1CC1. The molecule has 1 aliphatic carbocycles. The summed E-state index contributed by atoms with van der Waals surface area (Å²) in [5, 5.41) is 6.52. The van der Waals surface area contributed by atoms with Gasteiger partial charge in [-0.15, -0.1) is 0 Å². The number of pyridine rings is 1. The van der Waals surface area contributed by atoms with Crippen LogP contribution >= 0.6 is 0 Å². The Morgan fingerprint density at radius 2 is 1.92 bits per heavy atom. The number of alkyl halides is 3. The van der Waals surface area contributed by atoms with Crippen LogP contribution in [0.4, 0.5) is 18.9 Å². The van der Waals surface area contributed by atoms with Gasteiger partial charge in [-0.2, -0.15) is 18.3 Å². The molecule has 0 radical (unpaired) electrons. The van der Waals surface area contributed by atoms with Gasteiger partial charge in [0.2, 0.25) is 0 Å². The molecule has 10 heteroatoms. The molecule has 1 amide bonds. The van der Waals surface area contributed by atoms with Gasteiger partial charge >= 0.3 is 6.18 Å². The van der Waals surface area contributed by atoms with Crippen molar-refractivity contribution in [3.05, 3.63) is 89.4 Å². The summed E-state index contributed by atoms with van der Waals surface area (Å²) in [4.78, 5) is 18.0. The number of hydrogen-bond acceptors (Lipinski definition) is 5.